The lowest BCUT2D eigenvalue weighted by Crippen LogP contribution is -2.50. The van der Waals surface area contributed by atoms with Crippen LogP contribution in [0.4, 0.5) is 5.00 Å². The Labute approximate surface area is 194 Å². The van der Waals surface area contributed by atoms with Gasteiger partial charge in [0.1, 0.15) is 16.9 Å². The summed E-state index contributed by atoms with van der Waals surface area (Å²) in [7, 11) is 0. The van der Waals surface area contributed by atoms with Crippen LogP contribution < -0.4 is 21.1 Å². The normalized spacial score (nSPS) is 14.5. The van der Waals surface area contributed by atoms with Gasteiger partial charge in [-0.2, -0.15) is 0 Å². The van der Waals surface area contributed by atoms with Crippen molar-refractivity contribution in [1.82, 2.24) is 5.32 Å². The zero-order valence-corrected chi connectivity index (χ0v) is 19.4. The summed E-state index contributed by atoms with van der Waals surface area (Å²) in [5.41, 5.74) is 7.86. The number of nitrogens with two attached hydrogens (primary N) is 1. The minimum Gasteiger partial charge on any atom is -0.484 e. The van der Waals surface area contributed by atoms with Crippen LogP contribution in [0.1, 0.15) is 39.2 Å². The van der Waals surface area contributed by atoms with Gasteiger partial charge in [-0.15, -0.1) is 11.3 Å². The van der Waals surface area contributed by atoms with Gasteiger partial charge >= 0.3 is 0 Å². The van der Waals surface area contributed by atoms with Crippen molar-refractivity contribution in [2.45, 2.75) is 42.6 Å². The summed E-state index contributed by atoms with van der Waals surface area (Å²) in [6, 6.07) is 7.34. The lowest BCUT2D eigenvalue weighted by Gasteiger charge is -2.27. The van der Waals surface area contributed by atoms with Crippen molar-refractivity contribution in [3.63, 3.8) is 0 Å². The second kappa shape index (κ2) is 9.64. The molecule has 1 heterocycles. The fraction of sp³-hybridized carbons (Fsp3) is 0.400. The highest BCUT2D eigenvalue weighted by Gasteiger charge is 2.36. The Balaban J connectivity index is 1.74. The van der Waals surface area contributed by atoms with E-state index in [1.807, 2.05) is 25.1 Å². The maximum atomic E-state index is 12.4. The highest BCUT2D eigenvalue weighted by molar-refractivity contribution is 7.16. The molecule has 0 unspecified atom stereocenters. The monoisotopic (exact) mass is 489 g/mol. The standard InChI is InChI=1S/C20H22Cl3N3O3S/c1-11-6-2-4-8-13(11)29-10-15(27)25-19(20(21,22)23)26-18-16(17(24)28)12-7-3-5-9-14(12)30-18/h2,4,6,8,19,26H,3,5,7,9-10H2,1H3,(H2,24,28)(H,25,27)/t19-/m1/s1. The number of hydrogen-bond donors (Lipinski definition) is 3. The lowest BCUT2D eigenvalue weighted by atomic mass is 9.95. The Kier molecular flexibility index (Phi) is 7.39. The predicted molar refractivity (Wildman–Crippen MR) is 122 cm³/mol. The number of halogens is 3. The molecule has 0 radical (unpaired) electrons. The van der Waals surface area contributed by atoms with Crippen LogP contribution in [0.5, 0.6) is 5.75 Å². The molecule has 2 aromatic rings. The van der Waals surface area contributed by atoms with Gasteiger partial charge in [0.05, 0.1) is 5.56 Å². The van der Waals surface area contributed by atoms with E-state index in [2.05, 4.69) is 10.6 Å². The fourth-order valence-corrected chi connectivity index (χ4v) is 4.97. The third-order valence-corrected chi connectivity index (χ3v) is 6.66. The zero-order chi connectivity index (χ0) is 21.9. The lowest BCUT2D eigenvalue weighted by molar-refractivity contribution is -0.123. The van der Waals surface area contributed by atoms with E-state index in [0.717, 1.165) is 41.7 Å². The first-order valence-corrected chi connectivity index (χ1v) is 11.4. The van der Waals surface area contributed by atoms with E-state index in [0.29, 0.717) is 16.3 Å². The van der Waals surface area contributed by atoms with Crippen molar-refractivity contribution in [2.24, 2.45) is 5.73 Å². The number of carbonyl (C=O) groups excluding carboxylic acids is 2. The molecule has 3 rings (SSSR count). The van der Waals surface area contributed by atoms with Crippen LogP contribution in [0.15, 0.2) is 24.3 Å². The van der Waals surface area contributed by atoms with Gasteiger partial charge in [-0.25, -0.2) is 0 Å². The van der Waals surface area contributed by atoms with Crippen LogP contribution in [-0.4, -0.2) is 28.4 Å². The number of para-hydroxylation sites is 1. The van der Waals surface area contributed by atoms with Crippen molar-refractivity contribution in [3.8, 4) is 5.75 Å². The van der Waals surface area contributed by atoms with E-state index in [-0.39, 0.29) is 6.61 Å². The first kappa shape index (κ1) is 23.0. The smallest absolute Gasteiger partial charge is 0.259 e. The second-order valence-electron chi connectivity index (χ2n) is 7.02. The molecule has 10 heteroatoms. The number of benzene rings is 1. The maximum Gasteiger partial charge on any atom is 0.259 e. The van der Waals surface area contributed by atoms with Gasteiger partial charge in [0.2, 0.25) is 3.79 Å². The maximum absolute atomic E-state index is 12.4. The molecule has 1 aromatic heterocycles. The van der Waals surface area contributed by atoms with Gasteiger partial charge in [-0.05, 0) is 49.8 Å². The summed E-state index contributed by atoms with van der Waals surface area (Å²) >= 11 is 19.7. The minimum atomic E-state index is -1.88. The van der Waals surface area contributed by atoms with E-state index in [1.54, 1.807) is 6.07 Å². The number of ether oxygens (including phenoxy) is 1. The number of anilines is 1. The summed E-state index contributed by atoms with van der Waals surface area (Å²) in [5.74, 6) is -0.439. The summed E-state index contributed by atoms with van der Waals surface area (Å²) in [6.07, 6.45) is 2.60. The number of rotatable bonds is 7. The Morgan fingerprint density at radius 1 is 1.23 bits per heavy atom. The SMILES string of the molecule is Cc1ccccc1OCC(=O)N[C@H](Nc1sc2c(c1C(N)=O)CCCC2)C(Cl)(Cl)Cl. The molecular weight excluding hydrogens is 469 g/mol. The van der Waals surface area contributed by atoms with Crippen molar-refractivity contribution in [1.29, 1.82) is 0 Å². The molecule has 0 bridgehead atoms. The first-order chi connectivity index (χ1) is 14.2. The third-order valence-electron chi connectivity index (χ3n) is 4.78. The Morgan fingerprint density at radius 3 is 2.60 bits per heavy atom. The van der Waals surface area contributed by atoms with Crippen LogP contribution >= 0.6 is 46.1 Å². The number of fused-ring (bicyclic) bond motifs is 1. The van der Waals surface area contributed by atoms with E-state index >= 15 is 0 Å². The fourth-order valence-electron chi connectivity index (χ4n) is 3.32. The minimum absolute atomic E-state index is 0.257. The van der Waals surface area contributed by atoms with Crippen molar-refractivity contribution < 1.29 is 14.3 Å². The summed E-state index contributed by atoms with van der Waals surface area (Å²) in [4.78, 5) is 25.6. The van der Waals surface area contributed by atoms with Gasteiger partial charge in [-0.3, -0.25) is 9.59 Å². The quantitative estimate of drug-likeness (QED) is 0.398. The molecule has 1 aromatic carbocycles. The Hall–Kier alpha value is -1.67. The van der Waals surface area contributed by atoms with Crippen molar-refractivity contribution >= 4 is 63.0 Å². The average molecular weight is 491 g/mol. The predicted octanol–water partition coefficient (Wildman–Crippen LogP) is 4.34. The largest absolute Gasteiger partial charge is 0.484 e. The van der Waals surface area contributed by atoms with E-state index < -0.39 is 21.8 Å². The zero-order valence-electron chi connectivity index (χ0n) is 16.3. The number of carbonyl (C=O) groups is 2. The van der Waals surface area contributed by atoms with Crippen molar-refractivity contribution in [2.75, 3.05) is 11.9 Å². The summed E-state index contributed by atoms with van der Waals surface area (Å²) in [6.45, 7) is 1.62. The van der Waals surface area contributed by atoms with Crippen LogP contribution in [0.25, 0.3) is 0 Å². The number of amides is 2. The molecule has 30 heavy (non-hydrogen) atoms. The van der Waals surface area contributed by atoms with Crippen molar-refractivity contribution in [3.05, 3.63) is 45.8 Å². The molecule has 0 aliphatic heterocycles. The summed E-state index contributed by atoms with van der Waals surface area (Å²) in [5, 5.41) is 6.12. The molecule has 0 fully saturated rings. The first-order valence-electron chi connectivity index (χ1n) is 9.42. The molecule has 0 saturated carbocycles. The molecule has 162 valence electrons. The molecule has 6 nitrogen and oxygen atoms in total. The number of nitrogens with one attached hydrogen (secondary N) is 2. The highest BCUT2D eigenvalue weighted by Crippen LogP contribution is 2.40. The number of aryl methyl sites for hydroxylation is 2. The van der Waals surface area contributed by atoms with Crippen LogP contribution in [-0.2, 0) is 17.6 Å². The van der Waals surface area contributed by atoms with Gasteiger partial charge in [0.15, 0.2) is 6.61 Å². The molecular formula is C20H22Cl3N3O3S. The van der Waals surface area contributed by atoms with E-state index in [4.69, 9.17) is 45.3 Å². The van der Waals surface area contributed by atoms with E-state index in [1.165, 1.54) is 11.3 Å². The van der Waals surface area contributed by atoms with Gasteiger partial charge in [-0.1, -0.05) is 53.0 Å². The summed E-state index contributed by atoms with van der Waals surface area (Å²) < 4.78 is 3.67. The second-order valence-corrected chi connectivity index (χ2v) is 10.5. The number of thiophene rings is 1. The van der Waals surface area contributed by atoms with Gasteiger partial charge in [0.25, 0.3) is 11.8 Å². The van der Waals surface area contributed by atoms with Gasteiger partial charge < -0.3 is 21.1 Å². The molecule has 0 saturated heterocycles. The molecule has 0 spiro atoms. The van der Waals surface area contributed by atoms with Crippen LogP contribution in [0, 0.1) is 6.92 Å². The Morgan fingerprint density at radius 2 is 1.93 bits per heavy atom. The van der Waals surface area contributed by atoms with E-state index in [9.17, 15) is 9.59 Å². The van der Waals surface area contributed by atoms with Crippen LogP contribution in [0.3, 0.4) is 0 Å². The molecule has 4 N–H and O–H groups in total. The van der Waals surface area contributed by atoms with Crippen LogP contribution in [0.2, 0.25) is 0 Å². The molecule has 1 aliphatic carbocycles. The average Bonchev–Trinajstić information content (AvgIpc) is 3.04. The molecule has 1 atom stereocenters. The number of alkyl halides is 3. The number of primary amides is 1. The third kappa shape index (κ3) is 5.52. The molecule has 2 amide bonds. The Bertz CT molecular complexity index is 943. The molecule has 1 aliphatic rings. The van der Waals surface area contributed by atoms with Gasteiger partial charge in [0, 0.05) is 4.88 Å². The topological polar surface area (TPSA) is 93.4 Å². The number of hydrogen-bond acceptors (Lipinski definition) is 5. The highest BCUT2D eigenvalue weighted by atomic mass is 35.6.